The van der Waals surface area contributed by atoms with Crippen molar-refractivity contribution in [3.05, 3.63) is 96.3 Å². The Balaban J connectivity index is 1.47. The Kier molecular flexibility index (Phi) is 5.69. The van der Waals surface area contributed by atoms with Crippen LogP contribution in [0.4, 0.5) is 0 Å². The molecule has 0 spiro atoms. The highest BCUT2D eigenvalue weighted by Crippen LogP contribution is 2.26. The molecule has 0 radical (unpaired) electrons. The van der Waals surface area contributed by atoms with E-state index >= 15 is 0 Å². The summed E-state index contributed by atoms with van der Waals surface area (Å²) in [7, 11) is 0. The van der Waals surface area contributed by atoms with Crippen molar-refractivity contribution >= 4 is 11.0 Å². The predicted molar refractivity (Wildman–Crippen MR) is 111 cm³/mol. The van der Waals surface area contributed by atoms with Gasteiger partial charge in [0.15, 0.2) is 0 Å². The number of ether oxygens (including phenoxy) is 1. The average Bonchev–Trinajstić information content (AvgIpc) is 3.13. The summed E-state index contributed by atoms with van der Waals surface area (Å²) < 4.78 is 7.92. The number of para-hydroxylation sites is 3. The van der Waals surface area contributed by atoms with E-state index in [0.717, 1.165) is 41.7 Å². The summed E-state index contributed by atoms with van der Waals surface area (Å²) in [6, 6.07) is 27.6. The van der Waals surface area contributed by atoms with Crippen LogP contribution >= 0.6 is 0 Å². The maximum Gasteiger partial charge on any atom is 0.143 e. The van der Waals surface area contributed by atoms with Crippen molar-refractivity contribution in [2.24, 2.45) is 0 Å². The second kappa shape index (κ2) is 8.72. The number of hydrogen-bond donors (Lipinski definition) is 1. The molecule has 4 aromatic rings. The molecule has 142 valence electrons. The molecule has 0 bridgehead atoms. The highest BCUT2D eigenvalue weighted by molar-refractivity contribution is 5.76. The monoisotopic (exact) mass is 372 g/mol. The number of aryl methyl sites for hydroxylation is 1. The van der Waals surface area contributed by atoms with E-state index in [2.05, 4.69) is 10.6 Å². The first kappa shape index (κ1) is 18.3. The van der Waals surface area contributed by atoms with Crippen molar-refractivity contribution in [3.8, 4) is 5.75 Å². The van der Waals surface area contributed by atoms with Gasteiger partial charge in [-0.3, -0.25) is 0 Å². The Morgan fingerprint density at radius 2 is 1.50 bits per heavy atom. The van der Waals surface area contributed by atoms with Crippen molar-refractivity contribution in [1.82, 2.24) is 9.55 Å². The summed E-state index contributed by atoms with van der Waals surface area (Å²) in [5, 5.41) is 10.9. The Labute approximate surface area is 165 Å². The number of aromatic nitrogens is 2. The van der Waals surface area contributed by atoms with E-state index in [1.165, 1.54) is 0 Å². The Morgan fingerprint density at radius 3 is 2.29 bits per heavy atom. The summed E-state index contributed by atoms with van der Waals surface area (Å²) in [5.74, 6) is 1.59. The van der Waals surface area contributed by atoms with Crippen LogP contribution in [0.15, 0.2) is 84.9 Å². The summed E-state index contributed by atoms with van der Waals surface area (Å²) in [6.07, 6.45) is 1.14. The van der Waals surface area contributed by atoms with Gasteiger partial charge in [-0.1, -0.05) is 60.7 Å². The topological polar surface area (TPSA) is 47.3 Å². The van der Waals surface area contributed by atoms with E-state index in [0.29, 0.717) is 12.4 Å². The molecule has 0 amide bonds. The lowest BCUT2D eigenvalue weighted by Crippen LogP contribution is -2.11. The average molecular weight is 372 g/mol. The highest BCUT2D eigenvalue weighted by Gasteiger charge is 2.19. The third-order valence-electron chi connectivity index (χ3n) is 4.83. The first-order valence-electron chi connectivity index (χ1n) is 9.69. The molecular formula is C24H24N2O2. The molecule has 4 nitrogen and oxygen atoms in total. The molecule has 1 N–H and O–H groups in total. The molecule has 1 heterocycles. The van der Waals surface area contributed by atoms with Gasteiger partial charge in [0.25, 0.3) is 0 Å². The number of imidazole rings is 1. The van der Waals surface area contributed by atoms with Crippen LogP contribution < -0.4 is 4.74 Å². The van der Waals surface area contributed by atoms with Gasteiger partial charge < -0.3 is 14.4 Å². The van der Waals surface area contributed by atoms with Crippen LogP contribution in [0.3, 0.4) is 0 Å². The maximum absolute atomic E-state index is 10.9. The van der Waals surface area contributed by atoms with Gasteiger partial charge in [0.2, 0.25) is 0 Å². The van der Waals surface area contributed by atoms with E-state index < -0.39 is 6.10 Å². The Bertz CT molecular complexity index is 1010. The number of aliphatic hydroxyl groups excluding tert-OH is 1. The van der Waals surface area contributed by atoms with Crippen LogP contribution in [0.5, 0.6) is 5.75 Å². The minimum Gasteiger partial charge on any atom is -0.494 e. The van der Waals surface area contributed by atoms with Gasteiger partial charge >= 0.3 is 0 Å². The molecule has 0 unspecified atom stereocenters. The summed E-state index contributed by atoms with van der Waals surface area (Å²) in [6.45, 7) is 1.46. The van der Waals surface area contributed by atoms with Gasteiger partial charge in [-0.05, 0) is 42.7 Å². The van der Waals surface area contributed by atoms with Gasteiger partial charge in [-0.2, -0.15) is 0 Å². The summed E-state index contributed by atoms with van der Waals surface area (Å²) in [5.41, 5.74) is 2.82. The van der Waals surface area contributed by atoms with E-state index in [-0.39, 0.29) is 0 Å². The van der Waals surface area contributed by atoms with E-state index in [1.54, 1.807) is 0 Å². The van der Waals surface area contributed by atoms with Crippen LogP contribution in [0, 0.1) is 0 Å². The lowest BCUT2D eigenvalue weighted by atomic mass is 10.1. The van der Waals surface area contributed by atoms with Crippen LogP contribution in [-0.4, -0.2) is 21.3 Å². The SMILES string of the molecule is O[C@@H](c1ccccc1)c1nc2ccccc2n1CCCCOc1ccccc1. The third-order valence-corrected chi connectivity index (χ3v) is 4.83. The van der Waals surface area contributed by atoms with Crippen molar-refractivity contribution in [1.29, 1.82) is 0 Å². The molecule has 0 saturated carbocycles. The van der Waals surface area contributed by atoms with Gasteiger partial charge in [0, 0.05) is 6.54 Å². The number of aliphatic hydroxyl groups is 1. The molecular weight excluding hydrogens is 348 g/mol. The Hall–Kier alpha value is -3.11. The van der Waals surface area contributed by atoms with E-state index in [1.807, 2.05) is 78.9 Å². The number of nitrogens with zero attached hydrogens (tertiary/aromatic N) is 2. The second-order valence-electron chi connectivity index (χ2n) is 6.79. The number of hydrogen-bond acceptors (Lipinski definition) is 3. The fourth-order valence-electron chi connectivity index (χ4n) is 3.40. The zero-order chi connectivity index (χ0) is 19.2. The lowest BCUT2D eigenvalue weighted by molar-refractivity contribution is 0.204. The molecule has 4 heteroatoms. The molecule has 0 aliphatic rings. The van der Waals surface area contributed by atoms with Gasteiger partial charge in [0.05, 0.1) is 17.6 Å². The number of benzene rings is 3. The first-order chi connectivity index (χ1) is 13.8. The van der Waals surface area contributed by atoms with Gasteiger partial charge in [-0.25, -0.2) is 4.98 Å². The minimum atomic E-state index is -0.742. The van der Waals surface area contributed by atoms with Crippen LogP contribution in [0.1, 0.15) is 30.3 Å². The fourth-order valence-corrected chi connectivity index (χ4v) is 3.40. The standard InChI is InChI=1S/C24H24N2O2/c27-23(19-11-3-1-4-12-19)24-25-21-15-7-8-16-22(21)26(24)17-9-10-18-28-20-13-5-2-6-14-20/h1-8,11-16,23,27H,9-10,17-18H2/t23-/m0/s1. The molecule has 1 aromatic heterocycles. The highest BCUT2D eigenvalue weighted by atomic mass is 16.5. The quantitative estimate of drug-likeness (QED) is 0.444. The van der Waals surface area contributed by atoms with Crippen molar-refractivity contribution in [3.63, 3.8) is 0 Å². The summed E-state index contributed by atoms with van der Waals surface area (Å²) in [4.78, 5) is 4.72. The van der Waals surface area contributed by atoms with Gasteiger partial charge in [0.1, 0.15) is 17.7 Å². The number of fused-ring (bicyclic) bond motifs is 1. The largest absolute Gasteiger partial charge is 0.494 e. The molecule has 3 aromatic carbocycles. The van der Waals surface area contributed by atoms with Crippen molar-refractivity contribution < 1.29 is 9.84 Å². The molecule has 1 atom stereocenters. The van der Waals surface area contributed by atoms with Crippen molar-refractivity contribution in [2.45, 2.75) is 25.5 Å². The summed E-state index contributed by atoms with van der Waals surface area (Å²) >= 11 is 0. The molecule has 4 rings (SSSR count). The Morgan fingerprint density at radius 1 is 0.821 bits per heavy atom. The van der Waals surface area contributed by atoms with Crippen LogP contribution in [-0.2, 0) is 6.54 Å². The second-order valence-corrected chi connectivity index (χ2v) is 6.79. The van der Waals surface area contributed by atoms with Crippen molar-refractivity contribution in [2.75, 3.05) is 6.61 Å². The molecule has 0 fully saturated rings. The van der Waals surface area contributed by atoms with Crippen LogP contribution in [0.25, 0.3) is 11.0 Å². The normalized spacial score (nSPS) is 12.2. The fraction of sp³-hybridized carbons (Fsp3) is 0.208. The maximum atomic E-state index is 10.9. The molecule has 28 heavy (non-hydrogen) atoms. The van der Waals surface area contributed by atoms with E-state index in [4.69, 9.17) is 9.72 Å². The van der Waals surface area contributed by atoms with Crippen LogP contribution in [0.2, 0.25) is 0 Å². The third kappa shape index (κ3) is 4.07. The molecule has 0 saturated heterocycles. The van der Waals surface area contributed by atoms with E-state index in [9.17, 15) is 5.11 Å². The minimum absolute atomic E-state index is 0.674. The zero-order valence-corrected chi connectivity index (χ0v) is 15.7. The smallest absolute Gasteiger partial charge is 0.143 e. The lowest BCUT2D eigenvalue weighted by Gasteiger charge is -2.14. The first-order valence-corrected chi connectivity index (χ1v) is 9.69. The molecule has 0 aliphatic heterocycles. The number of unbranched alkanes of at least 4 members (excludes halogenated alkanes) is 1. The predicted octanol–water partition coefficient (Wildman–Crippen LogP) is 4.98. The number of rotatable bonds is 8. The molecule has 0 aliphatic carbocycles. The zero-order valence-electron chi connectivity index (χ0n) is 15.7. The van der Waals surface area contributed by atoms with Gasteiger partial charge in [-0.15, -0.1) is 0 Å².